The number of aromatic nitrogens is 3. The molecule has 0 bridgehead atoms. The summed E-state index contributed by atoms with van der Waals surface area (Å²) in [5.74, 6) is -1.15. The smallest absolute Gasteiger partial charge is 0.266 e. The molecule has 1 atom stereocenters. The van der Waals surface area contributed by atoms with Crippen molar-refractivity contribution in [1.29, 1.82) is 0 Å². The molecule has 1 saturated heterocycles. The Balaban J connectivity index is 1.54. The molecule has 28 heavy (non-hydrogen) atoms. The van der Waals surface area contributed by atoms with Crippen LogP contribution in [0.4, 0.5) is 8.78 Å². The molecule has 0 amide bonds. The molecule has 1 aliphatic heterocycles. The summed E-state index contributed by atoms with van der Waals surface area (Å²) >= 11 is 0. The molecule has 0 radical (unpaired) electrons. The van der Waals surface area contributed by atoms with E-state index in [0.717, 1.165) is 31.0 Å². The molecule has 0 aliphatic carbocycles. The largest absolute Gasteiger partial charge is 0.294 e. The summed E-state index contributed by atoms with van der Waals surface area (Å²) in [5.41, 5.74) is 2.03. The van der Waals surface area contributed by atoms with E-state index in [9.17, 15) is 13.6 Å². The van der Waals surface area contributed by atoms with Gasteiger partial charge in [-0.1, -0.05) is 0 Å². The molecule has 0 spiro atoms. The number of hydrogen-bond donors (Lipinski definition) is 0. The lowest BCUT2D eigenvalue weighted by Gasteiger charge is -2.25. The lowest BCUT2D eigenvalue weighted by molar-refractivity contribution is 0.216. The summed E-state index contributed by atoms with van der Waals surface area (Å²) in [6, 6.07) is 10.6. The Kier molecular flexibility index (Phi) is 5.25. The van der Waals surface area contributed by atoms with Crippen LogP contribution in [0, 0.1) is 11.6 Å². The molecule has 3 aromatic rings. The molecule has 7 heteroatoms. The van der Waals surface area contributed by atoms with Crippen LogP contribution in [0.1, 0.15) is 18.4 Å². The zero-order chi connectivity index (χ0) is 19.5. The second-order valence-electron chi connectivity index (χ2n) is 7.02. The Morgan fingerprint density at radius 3 is 2.54 bits per heavy atom. The first-order valence-corrected chi connectivity index (χ1v) is 9.26. The van der Waals surface area contributed by atoms with Crippen LogP contribution >= 0.6 is 0 Å². The fourth-order valence-corrected chi connectivity index (χ4v) is 3.70. The summed E-state index contributed by atoms with van der Waals surface area (Å²) in [6.07, 6.45) is 5.25. The molecule has 4 rings (SSSR count). The van der Waals surface area contributed by atoms with Gasteiger partial charge in [-0.3, -0.25) is 14.7 Å². The fraction of sp³-hybridized carbons (Fsp3) is 0.286. The van der Waals surface area contributed by atoms with Gasteiger partial charge in [-0.2, -0.15) is 5.10 Å². The monoisotopic (exact) mass is 382 g/mol. The molecule has 2 aromatic heterocycles. The van der Waals surface area contributed by atoms with E-state index < -0.39 is 11.6 Å². The average Bonchev–Trinajstić information content (AvgIpc) is 3.10. The summed E-state index contributed by atoms with van der Waals surface area (Å²) in [5, 5.41) is 4.51. The molecule has 5 nitrogen and oxygen atoms in total. The van der Waals surface area contributed by atoms with Crippen LogP contribution in [-0.2, 0) is 13.1 Å². The van der Waals surface area contributed by atoms with Crippen LogP contribution in [-0.4, -0.2) is 32.3 Å². The predicted octanol–water partition coefficient (Wildman–Crippen LogP) is 3.25. The number of likely N-dealkylation sites (tertiary alicyclic amines) is 1. The topological polar surface area (TPSA) is 51.0 Å². The minimum absolute atomic E-state index is 0.0872. The molecule has 0 saturated carbocycles. The molecule has 1 aromatic carbocycles. The van der Waals surface area contributed by atoms with E-state index in [0.29, 0.717) is 24.3 Å². The first-order chi connectivity index (χ1) is 13.6. The first kappa shape index (κ1) is 18.4. The molecular weight excluding hydrogens is 362 g/mol. The third-order valence-corrected chi connectivity index (χ3v) is 5.03. The van der Waals surface area contributed by atoms with E-state index in [2.05, 4.69) is 15.0 Å². The number of pyridine rings is 1. The summed E-state index contributed by atoms with van der Waals surface area (Å²) < 4.78 is 28.4. The predicted molar refractivity (Wildman–Crippen MR) is 102 cm³/mol. The Morgan fingerprint density at radius 1 is 1.04 bits per heavy atom. The summed E-state index contributed by atoms with van der Waals surface area (Å²) in [4.78, 5) is 18.5. The van der Waals surface area contributed by atoms with E-state index in [4.69, 9.17) is 0 Å². The lowest BCUT2D eigenvalue weighted by atomic mass is 10.1. The SMILES string of the molecule is O=c1ccc(-c2ccncc2)nn1CC1CCCN1Cc1cc(F)cc(F)c1. The van der Waals surface area contributed by atoms with Gasteiger partial charge >= 0.3 is 0 Å². The molecule has 1 unspecified atom stereocenters. The zero-order valence-electron chi connectivity index (χ0n) is 15.3. The van der Waals surface area contributed by atoms with Crippen molar-refractivity contribution >= 4 is 0 Å². The van der Waals surface area contributed by atoms with Gasteiger partial charge in [0.25, 0.3) is 5.56 Å². The van der Waals surface area contributed by atoms with Crippen molar-refractivity contribution < 1.29 is 8.78 Å². The zero-order valence-corrected chi connectivity index (χ0v) is 15.3. The van der Waals surface area contributed by atoms with Crippen LogP contribution in [0.2, 0.25) is 0 Å². The summed E-state index contributed by atoms with van der Waals surface area (Å²) in [7, 11) is 0. The van der Waals surface area contributed by atoms with E-state index >= 15 is 0 Å². The second-order valence-corrected chi connectivity index (χ2v) is 7.02. The molecular formula is C21H20F2N4O. The number of nitrogens with zero attached hydrogens (tertiary/aromatic N) is 4. The van der Waals surface area contributed by atoms with Crippen molar-refractivity contribution in [1.82, 2.24) is 19.7 Å². The van der Waals surface area contributed by atoms with E-state index in [-0.39, 0.29) is 11.6 Å². The third-order valence-electron chi connectivity index (χ3n) is 5.03. The summed E-state index contributed by atoms with van der Waals surface area (Å²) in [6.45, 7) is 1.70. The molecule has 3 heterocycles. The molecule has 1 aliphatic rings. The maximum Gasteiger partial charge on any atom is 0.266 e. The third kappa shape index (κ3) is 4.14. The van der Waals surface area contributed by atoms with Crippen LogP contribution < -0.4 is 5.56 Å². The van der Waals surface area contributed by atoms with Gasteiger partial charge in [0.05, 0.1) is 12.2 Å². The van der Waals surface area contributed by atoms with E-state index in [1.807, 2.05) is 12.1 Å². The fourth-order valence-electron chi connectivity index (χ4n) is 3.70. The first-order valence-electron chi connectivity index (χ1n) is 9.26. The number of benzene rings is 1. The maximum absolute atomic E-state index is 13.5. The minimum Gasteiger partial charge on any atom is -0.294 e. The van der Waals surface area contributed by atoms with Gasteiger partial charge < -0.3 is 0 Å². The van der Waals surface area contributed by atoms with Gasteiger partial charge in [0.15, 0.2) is 0 Å². The average molecular weight is 382 g/mol. The van der Waals surface area contributed by atoms with Crippen molar-refractivity contribution in [3.8, 4) is 11.3 Å². The van der Waals surface area contributed by atoms with Gasteiger partial charge in [0, 0.05) is 42.7 Å². The van der Waals surface area contributed by atoms with Crippen molar-refractivity contribution in [2.75, 3.05) is 6.54 Å². The van der Waals surface area contributed by atoms with Gasteiger partial charge in [-0.05, 0) is 55.3 Å². The molecule has 144 valence electrons. The molecule has 0 N–H and O–H groups in total. The highest BCUT2D eigenvalue weighted by Crippen LogP contribution is 2.22. The van der Waals surface area contributed by atoms with Gasteiger partial charge in [-0.25, -0.2) is 13.5 Å². The van der Waals surface area contributed by atoms with Crippen molar-refractivity contribution in [2.24, 2.45) is 0 Å². The van der Waals surface area contributed by atoms with Gasteiger partial charge in [0.2, 0.25) is 0 Å². The highest BCUT2D eigenvalue weighted by Gasteiger charge is 2.26. The Hall–Kier alpha value is -2.93. The lowest BCUT2D eigenvalue weighted by Crippen LogP contribution is -2.36. The number of halogens is 2. The van der Waals surface area contributed by atoms with Gasteiger partial charge in [-0.15, -0.1) is 0 Å². The van der Waals surface area contributed by atoms with Crippen molar-refractivity contribution in [3.05, 3.63) is 82.4 Å². The Labute approximate surface area is 161 Å². The van der Waals surface area contributed by atoms with Crippen LogP contribution in [0.15, 0.2) is 59.7 Å². The van der Waals surface area contributed by atoms with Crippen LogP contribution in [0.25, 0.3) is 11.3 Å². The van der Waals surface area contributed by atoms with Crippen molar-refractivity contribution in [2.45, 2.75) is 32.0 Å². The number of hydrogen-bond acceptors (Lipinski definition) is 4. The van der Waals surface area contributed by atoms with Gasteiger partial charge in [0.1, 0.15) is 11.6 Å². The quantitative estimate of drug-likeness (QED) is 0.680. The second kappa shape index (κ2) is 7.98. The van der Waals surface area contributed by atoms with Crippen LogP contribution in [0.3, 0.4) is 0 Å². The van der Waals surface area contributed by atoms with Crippen molar-refractivity contribution in [3.63, 3.8) is 0 Å². The van der Waals surface area contributed by atoms with E-state index in [1.54, 1.807) is 18.5 Å². The Morgan fingerprint density at radius 2 is 1.79 bits per heavy atom. The standard InChI is InChI=1S/C21H20F2N4O/c22-17-10-15(11-18(23)12-17)13-26-9-1-2-19(26)14-27-21(28)4-3-20(25-27)16-5-7-24-8-6-16/h3-8,10-12,19H,1-2,9,13-14H2. The maximum atomic E-state index is 13.5. The Bertz CT molecular complexity index is 1000. The molecule has 1 fully saturated rings. The normalized spacial score (nSPS) is 17.1. The van der Waals surface area contributed by atoms with Crippen LogP contribution in [0.5, 0.6) is 0 Å². The number of rotatable bonds is 5. The van der Waals surface area contributed by atoms with E-state index in [1.165, 1.54) is 22.9 Å². The highest BCUT2D eigenvalue weighted by atomic mass is 19.1. The highest BCUT2D eigenvalue weighted by molar-refractivity contribution is 5.56. The minimum atomic E-state index is -0.575.